The van der Waals surface area contributed by atoms with Crippen molar-refractivity contribution in [2.75, 3.05) is 19.6 Å². The van der Waals surface area contributed by atoms with Crippen LogP contribution >= 0.6 is 0 Å². The maximum Gasteiger partial charge on any atom is 0.491 e. The number of amides is 1. The molecule has 0 radical (unpaired) electrons. The second kappa shape index (κ2) is 7.10. The third-order valence-electron chi connectivity index (χ3n) is 2.37. The Kier molecular flexibility index (Phi) is 5.77. The van der Waals surface area contributed by atoms with Crippen LogP contribution in [0.4, 0.5) is 4.39 Å². The summed E-state index contributed by atoms with van der Waals surface area (Å²) in [6.45, 7) is 3.85. The molecule has 1 aromatic rings. The third kappa shape index (κ3) is 4.10. The Hall–Kier alpha value is -1.44. The molecule has 0 saturated carbocycles. The molecule has 0 unspecified atom stereocenters. The normalized spacial score (nSPS) is 10.2. The Balaban J connectivity index is 2.66. The smallest absolute Gasteiger partial charge is 0.423 e. The van der Waals surface area contributed by atoms with Crippen LogP contribution in [0.3, 0.4) is 0 Å². The molecule has 0 fully saturated rings. The summed E-state index contributed by atoms with van der Waals surface area (Å²) in [6, 6.07) is 3.46. The fourth-order valence-corrected chi connectivity index (χ4v) is 1.43. The fraction of sp³-hybridized carbons (Fsp3) is 0.364. The van der Waals surface area contributed by atoms with Gasteiger partial charge in [-0.3, -0.25) is 4.79 Å². The van der Waals surface area contributed by atoms with Crippen molar-refractivity contribution in [3.8, 4) is 0 Å². The number of benzene rings is 1. The van der Waals surface area contributed by atoms with E-state index in [1.54, 1.807) is 0 Å². The molecule has 0 heterocycles. The van der Waals surface area contributed by atoms with Gasteiger partial charge in [0.1, 0.15) is 5.82 Å². The Morgan fingerprint density at radius 2 is 2.11 bits per heavy atom. The molecule has 0 saturated heterocycles. The largest absolute Gasteiger partial charge is 0.491 e. The van der Waals surface area contributed by atoms with Gasteiger partial charge >= 0.3 is 7.12 Å². The first-order chi connectivity index (χ1) is 8.56. The molecule has 0 aliphatic carbocycles. The van der Waals surface area contributed by atoms with Gasteiger partial charge in [0.2, 0.25) is 0 Å². The van der Waals surface area contributed by atoms with E-state index in [4.69, 9.17) is 10.0 Å². The van der Waals surface area contributed by atoms with Gasteiger partial charge in [0, 0.05) is 24.1 Å². The van der Waals surface area contributed by atoms with Crippen molar-refractivity contribution in [2.24, 2.45) is 0 Å². The molecule has 0 spiro atoms. The van der Waals surface area contributed by atoms with Crippen LogP contribution < -0.4 is 16.1 Å². The van der Waals surface area contributed by atoms with Crippen LogP contribution in [0.2, 0.25) is 0 Å². The number of hydrogen-bond donors (Lipinski definition) is 4. The van der Waals surface area contributed by atoms with Gasteiger partial charge in [0.15, 0.2) is 0 Å². The lowest BCUT2D eigenvalue weighted by Gasteiger charge is -2.07. The molecule has 7 heteroatoms. The van der Waals surface area contributed by atoms with Crippen molar-refractivity contribution in [1.29, 1.82) is 0 Å². The summed E-state index contributed by atoms with van der Waals surface area (Å²) in [5.74, 6) is -1.14. The molecule has 0 atom stereocenters. The SMILES string of the molecule is CCNCCNC(=O)c1ccc(F)c(B(O)O)c1. The highest BCUT2D eigenvalue weighted by Gasteiger charge is 2.18. The van der Waals surface area contributed by atoms with E-state index in [0.717, 1.165) is 18.7 Å². The zero-order valence-corrected chi connectivity index (χ0v) is 10.1. The lowest BCUT2D eigenvalue weighted by molar-refractivity contribution is 0.0954. The molecule has 1 aromatic carbocycles. The van der Waals surface area contributed by atoms with Crippen molar-refractivity contribution < 1.29 is 19.2 Å². The summed E-state index contributed by atoms with van der Waals surface area (Å²) in [6.07, 6.45) is 0. The highest BCUT2D eigenvalue weighted by Crippen LogP contribution is 2.01. The van der Waals surface area contributed by atoms with Crippen LogP contribution in [0.15, 0.2) is 18.2 Å². The van der Waals surface area contributed by atoms with Crippen LogP contribution in [-0.2, 0) is 0 Å². The first-order valence-electron chi connectivity index (χ1n) is 5.70. The van der Waals surface area contributed by atoms with Crippen molar-refractivity contribution >= 4 is 18.5 Å². The predicted molar refractivity (Wildman–Crippen MR) is 67.1 cm³/mol. The summed E-state index contributed by atoms with van der Waals surface area (Å²) in [7, 11) is -1.93. The van der Waals surface area contributed by atoms with E-state index in [0.29, 0.717) is 13.1 Å². The number of rotatable bonds is 6. The lowest BCUT2D eigenvalue weighted by Crippen LogP contribution is -2.35. The summed E-state index contributed by atoms with van der Waals surface area (Å²) in [4.78, 5) is 11.7. The first-order valence-corrected chi connectivity index (χ1v) is 5.70. The molecular weight excluding hydrogens is 238 g/mol. The van der Waals surface area contributed by atoms with Gasteiger partial charge in [-0.15, -0.1) is 0 Å². The maximum atomic E-state index is 13.2. The maximum absolute atomic E-state index is 13.2. The molecule has 4 N–H and O–H groups in total. The summed E-state index contributed by atoms with van der Waals surface area (Å²) in [5, 5.41) is 23.5. The van der Waals surface area contributed by atoms with Crippen molar-refractivity contribution in [2.45, 2.75) is 6.92 Å². The van der Waals surface area contributed by atoms with E-state index < -0.39 is 12.9 Å². The number of halogens is 1. The minimum Gasteiger partial charge on any atom is -0.423 e. The Labute approximate surface area is 105 Å². The average molecular weight is 254 g/mol. The second-order valence-electron chi connectivity index (χ2n) is 3.72. The van der Waals surface area contributed by atoms with E-state index in [-0.39, 0.29) is 16.9 Å². The highest BCUT2D eigenvalue weighted by atomic mass is 19.1. The van der Waals surface area contributed by atoms with Crippen LogP contribution in [0.5, 0.6) is 0 Å². The highest BCUT2D eigenvalue weighted by molar-refractivity contribution is 6.58. The van der Waals surface area contributed by atoms with Gasteiger partial charge in [-0.25, -0.2) is 4.39 Å². The quantitative estimate of drug-likeness (QED) is 0.381. The van der Waals surface area contributed by atoms with E-state index in [9.17, 15) is 9.18 Å². The molecule has 5 nitrogen and oxygen atoms in total. The zero-order chi connectivity index (χ0) is 13.5. The monoisotopic (exact) mass is 254 g/mol. The van der Waals surface area contributed by atoms with E-state index in [1.165, 1.54) is 6.07 Å². The molecule has 1 rings (SSSR count). The van der Waals surface area contributed by atoms with Crippen molar-refractivity contribution in [1.82, 2.24) is 10.6 Å². The summed E-state index contributed by atoms with van der Waals surface area (Å²) in [5.41, 5.74) is -0.120. The average Bonchev–Trinajstić information content (AvgIpc) is 2.34. The van der Waals surface area contributed by atoms with Crippen LogP contribution in [0.25, 0.3) is 0 Å². The Morgan fingerprint density at radius 3 is 2.72 bits per heavy atom. The van der Waals surface area contributed by atoms with E-state index in [2.05, 4.69) is 10.6 Å². The Bertz CT molecular complexity index is 415. The van der Waals surface area contributed by atoms with Gasteiger partial charge in [0.25, 0.3) is 5.91 Å². The number of carbonyl (C=O) groups excluding carboxylic acids is 1. The minimum absolute atomic E-state index is 0.191. The molecule has 98 valence electrons. The standard InChI is InChI=1S/C11H16BFN2O3/c1-2-14-5-6-15-11(16)8-3-4-10(13)9(7-8)12(17)18/h3-4,7,14,17-18H,2,5-6H2,1H3,(H,15,16). The second-order valence-corrected chi connectivity index (χ2v) is 3.72. The van der Waals surface area contributed by atoms with Crippen LogP contribution in [-0.4, -0.2) is 42.7 Å². The molecule has 0 aliphatic rings. The number of likely N-dealkylation sites (N-methyl/N-ethyl adjacent to an activating group) is 1. The Morgan fingerprint density at radius 1 is 1.39 bits per heavy atom. The predicted octanol–water partition coefficient (Wildman–Crippen LogP) is -1.16. The minimum atomic E-state index is -1.93. The first kappa shape index (κ1) is 14.6. The third-order valence-corrected chi connectivity index (χ3v) is 2.37. The van der Waals surface area contributed by atoms with Gasteiger partial charge in [-0.05, 0) is 24.7 Å². The van der Waals surface area contributed by atoms with Crippen molar-refractivity contribution in [3.05, 3.63) is 29.6 Å². The summed E-state index contributed by atoms with van der Waals surface area (Å²) >= 11 is 0. The number of hydrogen-bond acceptors (Lipinski definition) is 4. The zero-order valence-electron chi connectivity index (χ0n) is 10.1. The molecular formula is C11H16BFN2O3. The van der Waals surface area contributed by atoms with Crippen LogP contribution in [0, 0.1) is 5.82 Å². The topological polar surface area (TPSA) is 81.6 Å². The van der Waals surface area contributed by atoms with E-state index in [1.807, 2.05) is 6.92 Å². The van der Waals surface area contributed by atoms with Gasteiger partial charge in [0.05, 0.1) is 0 Å². The van der Waals surface area contributed by atoms with Gasteiger partial charge in [-0.1, -0.05) is 6.92 Å². The lowest BCUT2D eigenvalue weighted by atomic mass is 9.79. The molecule has 18 heavy (non-hydrogen) atoms. The molecule has 0 aliphatic heterocycles. The number of carbonyl (C=O) groups is 1. The van der Waals surface area contributed by atoms with Crippen molar-refractivity contribution in [3.63, 3.8) is 0 Å². The van der Waals surface area contributed by atoms with Gasteiger partial charge < -0.3 is 20.7 Å². The van der Waals surface area contributed by atoms with Crippen LogP contribution in [0.1, 0.15) is 17.3 Å². The van der Waals surface area contributed by atoms with E-state index >= 15 is 0 Å². The number of nitrogens with one attached hydrogen (secondary N) is 2. The molecule has 1 amide bonds. The molecule has 0 aromatic heterocycles. The molecule has 0 bridgehead atoms. The van der Waals surface area contributed by atoms with Gasteiger partial charge in [-0.2, -0.15) is 0 Å². The fourth-order valence-electron chi connectivity index (χ4n) is 1.43. The summed E-state index contributed by atoms with van der Waals surface area (Å²) < 4.78 is 13.2.